The first-order chi connectivity index (χ1) is 16.4. The zero-order valence-corrected chi connectivity index (χ0v) is 19.7. The molecule has 3 rings (SSSR count). The molecular formula is C24H28N4O5S. The van der Waals surface area contributed by atoms with Gasteiger partial charge in [0, 0.05) is 44.7 Å². The molecule has 1 saturated heterocycles. The maximum Gasteiger partial charge on any atom is 0.243 e. The number of nitrogens with zero attached hydrogens (tertiary/aromatic N) is 3. The number of sulfonamides is 1. The fourth-order valence-electron chi connectivity index (χ4n) is 3.53. The van der Waals surface area contributed by atoms with Crippen LogP contribution in [0.15, 0.2) is 59.5 Å². The van der Waals surface area contributed by atoms with Crippen LogP contribution in [0.2, 0.25) is 0 Å². The summed E-state index contributed by atoms with van der Waals surface area (Å²) in [6.45, 7) is 1.91. The lowest BCUT2D eigenvalue weighted by atomic mass is 10.2. The van der Waals surface area contributed by atoms with Gasteiger partial charge in [-0.3, -0.25) is 9.59 Å². The molecule has 2 aromatic rings. The van der Waals surface area contributed by atoms with E-state index < -0.39 is 10.0 Å². The highest BCUT2D eigenvalue weighted by atomic mass is 32.2. The second-order valence-electron chi connectivity index (χ2n) is 7.73. The third kappa shape index (κ3) is 6.87. The summed E-state index contributed by atoms with van der Waals surface area (Å²) < 4.78 is 32.0. The molecule has 34 heavy (non-hydrogen) atoms. The van der Waals surface area contributed by atoms with Crippen LogP contribution in [-0.4, -0.2) is 57.4 Å². The highest BCUT2D eigenvalue weighted by Crippen LogP contribution is 2.18. The van der Waals surface area contributed by atoms with Gasteiger partial charge in [-0.05, 0) is 29.8 Å². The van der Waals surface area contributed by atoms with E-state index in [0.717, 1.165) is 5.56 Å². The van der Waals surface area contributed by atoms with Gasteiger partial charge in [0.25, 0.3) is 0 Å². The Morgan fingerprint density at radius 1 is 1.03 bits per heavy atom. The molecule has 0 aromatic heterocycles. The SMILES string of the molecule is N#CCCN(C(=O)CCC(=O)NCc1ccc(S(=O)(=O)N2CCOCC2)cc1)c1ccccc1. The number of hydrogen-bond acceptors (Lipinski definition) is 6. The molecule has 0 unspecified atom stereocenters. The molecule has 180 valence electrons. The Balaban J connectivity index is 1.49. The summed E-state index contributed by atoms with van der Waals surface area (Å²) in [4.78, 5) is 26.7. The van der Waals surface area contributed by atoms with Crippen LogP contribution in [-0.2, 0) is 30.9 Å². The number of amides is 2. The molecule has 2 amide bonds. The van der Waals surface area contributed by atoms with E-state index in [1.54, 1.807) is 24.3 Å². The Bertz CT molecular complexity index is 1110. The minimum Gasteiger partial charge on any atom is -0.379 e. The van der Waals surface area contributed by atoms with Crippen LogP contribution >= 0.6 is 0 Å². The van der Waals surface area contributed by atoms with Gasteiger partial charge in [-0.2, -0.15) is 9.57 Å². The first kappa shape index (κ1) is 25.4. The largest absolute Gasteiger partial charge is 0.379 e. The number of hydrogen-bond donors (Lipinski definition) is 1. The summed E-state index contributed by atoms with van der Waals surface area (Å²) in [7, 11) is -3.56. The van der Waals surface area contributed by atoms with Gasteiger partial charge in [0.1, 0.15) is 0 Å². The van der Waals surface area contributed by atoms with E-state index in [-0.39, 0.29) is 49.1 Å². The molecule has 1 aliphatic heterocycles. The Labute approximate surface area is 200 Å². The van der Waals surface area contributed by atoms with Gasteiger partial charge < -0.3 is 15.0 Å². The van der Waals surface area contributed by atoms with Crippen molar-refractivity contribution < 1.29 is 22.7 Å². The molecule has 10 heteroatoms. The number of carbonyl (C=O) groups excluding carboxylic acids is 2. The minimum absolute atomic E-state index is 0.0121. The normalized spacial score (nSPS) is 14.2. The van der Waals surface area contributed by atoms with Gasteiger partial charge in [-0.15, -0.1) is 0 Å². The number of nitriles is 1. The van der Waals surface area contributed by atoms with Gasteiger partial charge in [-0.1, -0.05) is 30.3 Å². The summed E-state index contributed by atoms with van der Waals surface area (Å²) in [5, 5.41) is 11.6. The number of anilines is 1. The van der Waals surface area contributed by atoms with E-state index in [1.165, 1.54) is 21.3 Å². The van der Waals surface area contributed by atoms with Crippen LogP contribution in [0.25, 0.3) is 0 Å². The van der Waals surface area contributed by atoms with Crippen LogP contribution < -0.4 is 10.2 Å². The van der Waals surface area contributed by atoms with Crippen LogP contribution in [0.5, 0.6) is 0 Å². The zero-order valence-electron chi connectivity index (χ0n) is 18.9. The third-order valence-corrected chi connectivity index (χ3v) is 7.32. The van der Waals surface area contributed by atoms with Crippen LogP contribution in [0.3, 0.4) is 0 Å². The predicted molar refractivity (Wildman–Crippen MR) is 126 cm³/mol. The number of para-hydroxylation sites is 1. The maximum atomic E-state index is 12.7. The Kier molecular flexibility index (Phi) is 9.16. The topological polar surface area (TPSA) is 120 Å². The molecule has 1 aliphatic rings. The molecule has 0 spiro atoms. The van der Waals surface area contributed by atoms with Crippen molar-refractivity contribution in [2.75, 3.05) is 37.7 Å². The fourth-order valence-corrected chi connectivity index (χ4v) is 4.94. The van der Waals surface area contributed by atoms with Gasteiger partial charge in [0.2, 0.25) is 21.8 Å². The van der Waals surface area contributed by atoms with Crippen molar-refractivity contribution in [3.63, 3.8) is 0 Å². The smallest absolute Gasteiger partial charge is 0.243 e. The molecule has 2 aromatic carbocycles. The van der Waals surface area contributed by atoms with E-state index in [4.69, 9.17) is 10.00 Å². The van der Waals surface area contributed by atoms with Crippen molar-refractivity contribution in [1.82, 2.24) is 9.62 Å². The number of rotatable bonds is 10. The number of ether oxygens (including phenoxy) is 1. The van der Waals surface area contributed by atoms with Crippen molar-refractivity contribution in [3.8, 4) is 6.07 Å². The Morgan fingerprint density at radius 2 is 1.71 bits per heavy atom. The number of nitrogens with one attached hydrogen (secondary N) is 1. The van der Waals surface area contributed by atoms with Gasteiger partial charge in [0.05, 0.1) is 30.6 Å². The third-order valence-electron chi connectivity index (χ3n) is 5.40. The quantitative estimate of drug-likeness (QED) is 0.551. The molecule has 0 radical (unpaired) electrons. The highest BCUT2D eigenvalue weighted by molar-refractivity contribution is 7.89. The first-order valence-corrected chi connectivity index (χ1v) is 12.5. The summed E-state index contributed by atoms with van der Waals surface area (Å²) in [6.07, 6.45) is 0.227. The Morgan fingerprint density at radius 3 is 2.35 bits per heavy atom. The van der Waals surface area contributed by atoms with Gasteiger partial charge >= 0.3 is 0 Å². The van der Waals surface area contributed by atoms with E-state index >= 15 is 0 Å². The molecule has 0 aliphatic carbocycles. The molecule has 9 nitrogen and oxygen atoms in total. The average Bonchev–Trinajstić information content (AvgIpc) is 2.88. The van der Waals surface area contributed by atoms with Crippen molar-refractivity contribution >= 4 is 27.5 Å². The van der Waals surface area contributed by atoms with Crippen molar-refractivity contribution in [2.24, 2.45) is 0 Å². The highest BCUT2D eigenvalue weighted by Gasteiger charge is 2.26. The maximum absolute atomic E-state index is 12.7. The molecule has 0 atom stereocenters. The number of carbonyl (C=O) groups is 2. The lowest BCUT2D eigenvalue weighted by Gasteiger charge is -2.26. The predicted octanol–water partition coefficient (Wildman–Crippen LogP) is 2.05. The molecule has 0 saturated carbocycles. The van der Waals surface area contributed by atoms with Crippen molar-refractivity contribution in [2.45, 2.75) is 30.7 Å². The lowest BCUT2D eigenvalue weighted by molar-refractivity contribution is -0.125. The minimum atomic E-state index is -3.56. The molecule has 1 fully saturated rings. The summed E-state index contributed by atoms with van der Waals surface area (Å²) in [5.74, 6) is -0.513. The van der Waals surface area contributed by atoms with E-state index in [0.29, 0.717) is 32.0 Å². The summed E-state index contributed by atoms with van der Waals surface area (Å²) in [6, 6.07) is 17.5. The molecular weight excluding hydrogens is 456 g/mol. The van der Waals surface area contributed by atoms with Crippen molar-refractivity contribution in [1.29, 1.82) is 5.26 Å². The summed E-state index contributed by atoms with van der Waals surface area (Å²) in [5.41, 5.74) is 1.44. The molecule has 1 heterocycles. The zero-order chi connectivity index (χ0) is 24.4. The van der Waals surface area contributed by atoms with E-state index in [1.807, 2.05) is 24.3 Å². The Hall–Kier alpha value is -3.26. The number of morpholine rings is 1. The first-order valence-electron chi connectivity index (χ1n) is 11.1. The van der Waals surface area contributed by atoms with Gasteiger partial charge in [0.15, 0.2) is 0 Å². The second kappa shape index (κ2) is 12.3. The molecule has 0 bridgehead atoms. The average molecular weight is 485 g/mol. The van der Waals surface area contributed by atoms with Crippen LogP contribution in [0.4, 0.5) is 5.69 Å². The monoisotopic (exact) mass is 484 g/mol. The summed E-state index contributed by atoms with van der Waals surface area (Å²) >= 11 is 0. The van der Waals surface area contributed by atoms with E-state index in [9.17, 15) is 18.0 Å². The molecule has 1 N–H and O–H groups in total. The van der Waals surface area contributed by atoms with Gasteiger partial charge in [-0.25, -0.2) is 8.42 Å². The van der Waals surface area contributed by atoms with Crippen LogP contribution in [0.1, 0.15) is 24.8 Å². The van der Waals surface area contributed by atoms with Crippen LogP contribution in [0, 0.1) is 11.3 Å². The lowest BCUT2D eigenvalue weighted by Crippen LogP contribution is -2.40. The fraction of sp³-hybridized carbons (Fsp3) is 0.375. The van der Waals surface area contributed by atoms with E-state index in [2.05, 4.69) is 5.32 Å². The second-order valence-corrected chi connectivity index (χ2v) is 9.66. The standard InChI is InChI=1S/C24H28N4O5S/c25-13-4-14-28(21-5-2-1-3-6-21)24(30)12-11-23(29)26-19-20-7-9-22(10-8-20)34(31,32)27-15-17-33-18-16-27/h1-3,5-10H,4,11-12,14-19H2,(H,26,29). The van der Waals surface area contributed by atoms with Crippen molar-refractivity contribution in [3.05, 3.63) is 60.2 Å². The number of benzene rings is 2.